The molecule has 31 heavy (non-hydrogen) atoms. The van der Waals surface area contributed by atoms with Crippen LogP contribution in [-0.4, -0.2) is 63.6 Å². The first kappa shape index (κ1) is 20.7. The van der Waals surface area contributed by atoms with Crippen molar-refractivity contribution in [3.63, 3.8) is 0 Å². The molecule has 1 aliphatic carbocycles. The summed E-state index contributed by atoms with van der Waals surface area (Å²) in [6, 6.07) is 10.8. The maximum atomic E-state index is 13.9. The van der Waals surface area contributed by atoms with Crippen molar-refractivity contribution in [3.8, 4) is 0 Å². The molecule has 3 heterocycles. The quantitative estimate of drug-likeness (QED) is 0.715. The minimum absolute atomic E-state index is 0.0482. The Kier molecular flexibility index (Phi) is 5.61. The molecule has 1 aromatic carbocycles. The molecule has 2 saturated heterocycles. The lowest BCUT2D eigenvalue weighted by Gasteiger charge is -2.44. The topological polar surface area (TPSA) is 50.6 Å². The van der Waals surface area contributed by atoms with Crippen LogP contribution < -0.4 is 0 Å². The standard InChI is InChI=1S/C25H34N4O2/c1-19(2)29-16-23(26-18-29)22-15-27(13-20-7-4-3-5-8-20)17-25(22)24(30)28(11-12-31-25)14-21-9-6-10-21/h3-5,7-8,16,18-19,21-22H,6,9-15,17H2,1-2H3/t22-,25+/m1/s1. The Hall–Kier alpha value is -2.18. The minimum Gasteiger partial charge on any atom is -0.361 e. The number of benzene rings is 1. The number of likely N-dealkylation sites (tertiary alicyclic amines) is 1. The molecule has 3 fully saturated rings. The molecular weight excluding hydrogens is 388 g/mol. The zero-order chi connectivity index (χ0) is 21.4. The van der Waals surface area contributed by atoms with Crippen LogP contribution in [0.15, 0.2) is 42.9 Å². The van der Waals surface area contributed by atoms with E-state index in [1.807, 2.05) is 12.4 Å². The number of rotatable bonds is 6. The smallest absolute Gasteiger partial charge is 0.257 e. The van der Waals surface area contributed by atoms with Gasteiger partial charge in [0.25, 0.3) is 5.91 Å². The first-order chi connectivity index (χ1) is 15.0. The molecule has 166 valence electrons. The van der Waals surface area contributed by atoms with E-state index in [1.165, 1.54) is 24.8 Å². The molecule has 1 aromatic heterocycles. The second-order valence-electron chi connectivity index (χ2n) is 9.83. The summed E-state index contributed by atoms with van der Waals surface area (Å²) < 4.78 is 8.55. The number of carbonyl (C=O) groups excluding carboxylic acids is 1. The van der Waals surface area contributed by atoms with Gasteiger partial charge in [-0.15, -0.1) is 0 Å². The molecule has 2 aliphatic heterocycles. The van der Waals surface area contributed by atoms with Gasteiger partial charge in [-0.2, -0.15) is 0 Å². The van der Waals surface area contributed by atoms with Crippen LogP contribution >= 0.6 is 0 Å². The van der Waals surface area contributed by atoms with E-state index in [2.05, 4.69) is 58.7 Å². The van der Waals surface area contributed by atoms with Crippen LogP contribution in [0.1, 0.15) is 56.3 Å². The highest BCUT2D eigenvalue weighted by Crippen LogP contribution is 2.42. The van der Waals surface area contributed by atoms with Gasteiger partial charge in [0, 0.05) is 45.0 Å². The number of amides is 1. The molecule has 0 radical (unpaired) electrons. The third-order valence-electron chi connectivity index (χ3n) is 7.36. The van der Waals surface area contributed by atoms with Gasteiger partial charge < -0.3 is 14.2 Å². The van der Waals surface area contributed by atoms with E-state index < -0.39 is 5.60 Å². The van der Waals surface area contributed by atoms with Crippen molar-refractivity contribution in [2.24, 2.45) is 5.92 Å². The highest BCUT2D eigenvalue weighted by atomic mass is 16.5. The first-order valence-electron chi connectivity index (χ1n) is 11.8. The second kappa shape index (κ2) is 8.40. The zero-order valence-corrected chi connectivity index (χ0v) is 18.7. The summed E-state index contributed by atoms with van der Waals surface area (Å²) in [5.74, 6) is 0.790. The summed E-state index contributed by atoms with van der Waals surface area (Å²) in [6.45, 7) is 8.75. The van der Waals surface area contributed by atoms with Crippen molar-refractivity contribution in [1.29, 1.82) is 0 Å². The number of hydrogen-bond donors (Lipinski definition) is 0. The van der Waals surface area contributed by atoms with Crippen LogP contribution in [0.3, 0.4) is 0 Å². The summed E-state index contributed by atoms with van der Waals surface area (Å²) in [5, 5.41) is 0. The van der Waals surface area contributed by atoms with E-state index >= 15 is 0 Å². The number of morpholine rings is 1. The maximum Gasteiger partial charge on any atom is 0.257 e. The Bertz CT molecular complexity index is 907. The summed E-state index contributed by atoms with van der Waals surface area (Å²) in [4.78, 5) is 23.1. The molecule has 6 heteroatoms. The molecule has 3 aliphatic rings. The van der Waals surface area contributed by atoms with E-state index in [0.29, 0.717) is 31.7 Å². The normalized spacial score (nSPS) is 27.4. The third kappa shape index (κ3) is 3.92. The predicted molar refractivity (Wildman–Crippen MR) is 120 cm³/mol. The molecule has 2 atom stereocenters. The van der Waals surface area contributed by atoms with Crippen molar-refractivity contribution in [2.75, 3.05) is 32.8 Å². The third-order valence-corrected chi connectivity index (χ3v) is 7.36. The summed E-state index contributed by atoms with van der Waals surface area (Å²) in [6.07, 6.45) is 7.81. The second-order valence-corrected chi connectivity index (χ2v) is 9.83. The van der Waals surface area contributed by atoms with Gasteiger partial charge in [-0.05, 0) is 38.2 Å². The number of imidazole rings is 1. The van der Waals surface area contributed by atoms with Crippen LogP contribution in [-0.2, 0) is 16.1 Å². The highest BCUT2D eigenvalue weighted by molar-refractivity contribution is 5.88. The average Bonchev–Trinajstić information content (AvgIpc) is 3.34. The van der Waals surface area contributed by atoms with E-state index in [-0.39, 0.29) is 11.8 Å². The van der Waals surface area contributed by atoms with E-state index in [4.69, 9.17) is 9.72 Å². The van der Waals surface area contributed by atoms with Crippen molar-refractivity contribution >= 4 is 5.91 Å². The molecule has 0 unspecified atom stereocenters. The van der Waals surface area contributed by atoms with Gasteiger partial charge in [-0.1, -0.05) is 36.8 Å². The fourth-order valence-electron chi connectivity index (χ4n) is 5.32. The highest BCUT2D eigenvalue weighted by Gasteiger charge is 2.57. The molecule has 1 spiro atoms. The Labute approximate surface area is 185 Å². The zero-order valence-electron chi connectivity index (χ0n) is 18.7. The van der Waals surface area contributed by atoms with Crippen LogP contribution in [0, 0.1) is 5.92 Å². The SMILES string of the molecule is CC(C)n1cnc([C@H]2CN(Cc3ccccc3)C[C@]23OCCN(CC2CCC2)C3=O)c1. The summed E-state index contributed by atoms with van der Waals surface area (Å²) in [5.41, 5.74) is 1.41. The van der Waals surface area contributed by atoms with Gasteiger partial charge in [0.15, 0.2) is 5.60 Å². The molecule has 0 bridgehead atoms. The van der Waals surface area contributed by atoms with Gasteiger partial charge in [-0.25, -0.2) is 4.98 Å². The molecule has 6 nitrogen and oxygen atoms in total. The first-order valence-corrected chi connectivity index (χ1v) is 11.8. The molecular formula is C25H34N4O2. The Morgan fingerprint density at radius 3 is 2.71 bits per heavy atom. The maximum absolute atomic E-state index is 13.9. The Morgan fingerprint density at radius 1 is 1.23 bits per heavy atom. The molecule has 2 aromatic rings. The van der Waals surface area contributed by atoms with E-state index in [1.54, 1.807) is 0 Å². The minimum atomic E-state index is -0.826. The van der Waals surface area contributed by atoms with Gasteiger partial charge >= 0.3 is 0 Å². The fraction of sp³-hybridized carbons (Fsp3) is 0.600. The van der Waals surface area contributed by atoms with Crippen molar-refractivity contribution < 1.29 is 9.53 Å². The average molecular weight is 423 g/mol. The van der Waals surface area contributed by atoms with Gasteiger partial charge in [0.05, 0.1) is 24.5 Å². The summed E-state index contributed by atoms with van der Waals surface area (Å²) >= 11 is 0. The monoisotopic (exact) mass is 422 g/mol. The van der Waals surface area contributed by atoms with Crippen molar-refractivity contribution in [2.45, 2.75) is 57.2 Å². The number of nitrogens with zero attached hydrogens (tertiary/aromatic N) is 4. The van der Waals surface area contributed by atoms with Gasteiger partial charge in [0.1, 0.15) is 0 Å². The fourth-order valence-corrected chi connectivity index (χ4v) is 5.32. The lowest BCUT2D eigenvalue weighted by atomic mass is 9.82. The number of carbonyl (C=O) groups is 1. The molecule has 0 N–H and O–H groups in total. The lowest BCUT2D eigenvalue weighted by molar-refractivity contribution is -0.173. The van der Waals surface area contributed by atoms with Crippen molar-refractivity contribution in [3.05, 3.63) is 54.1 Å². The predicted octanol–water partition coefficient (Wildman–Crippen LogP) is 3.46. The molecule has 1 amide bonds. The Morgan fingerprint density at radius 2 is 2.03 bits per heavy atom. The number of ether oxygens (including phenoxy) is 1. The van der Waals surface area contributed by atoms with E-state index in [9.17, 15) is 4.79 Å². The van der Waals surface area contributed by atoms with Crippen molar-refractivity contribution in [1.82, 2.24) is 19.4 Å². The number of aromatic nitrogens is 2. The van der Waals surface area contributed by atoms with E-state index in [0.717, 1.165) is 25.3 Å². The lowest BCUT2D eigenvalue weighted by Crippen LogP contribution is -2.61. The van der Waals surface area contributed by atoms with Gasteiger partial charge in [0.2, 0.25) is 0 Å². The van der Waals surface area contributed by atoms with Crippen LogP contribution in [0.2, 0.25) is 0 Å². The van der Waals surface area contributed by atoms with Crippen LogP contribution in [0.4, 0.5) is 0 Å². The summed E-state index contributed by atoms with van der Waals surface area (Å²) in [7, 11) is 0. The number of hydrogen-bond acceptors (Lipinski definition) is 4. The largest absolute Gasteiger partial charge is 0.361 e. The van der Waals surface area contributed by atoms with Crippen LogP contribution in [0.25, 0.3) is 0 Å². The van der Waals surface area contributed by atoms with Gasteiger partial charge in [-0.3, -0.25) is 9.69 Å². The molecule has 5 rings (SSSR count). The van der Waals surface area contributed by atoms with Crippen LogP contribution in [0.5, 0.6) is 0 Å². The Balaban J connectivity index is 1.44. The molecule has 1 saturated carbocycles.